The van der Waals surface area contributed by atoms with Gasteiger partial charge >= 0.3 is 0 Å². The first-order valence-electron chi connectivity index (χ1n) is 5.49. The van der Waals surface area contributed by atoms with Crippen molar-refractivity contribution < 1.29 is 5.11 Å². The van der Waals surface area contributed by atoms with Crippen molar-refractivity contribution in [2.45, 2.75) is 45.3 Å². The molecule has 4 heteroatoms. The standard InChI is InChI=1S/C11H18N2OS/c1-7-8(2)15-11(13-7)5-10(14)6-12-9-3-4-9/h9-10,12,14H,3-6H2,1-2H3. The first kappa shape index (κ1) is 11.0. The summed E-state index contributed by atoms with van der Waals surface area (Å²) >= 11 is 1.69. The molecule has 0 aromatic carbocycles. The molecular weight excluding hydrogens is 208 g/mol. The highest BCUT2D eigenvalue weighted by Gasteiger charge is 2.21. The van der Waals surface area contributed by atoms with Crippen LogP contribution in [0.15, 0.2) is 0 Å². The Morgan fingerprint density at radius 2 is 2.27 bits per heavy atom. The Labute approximate surface area is 94.5 Å². The molecule has 2 rings (SSSR count). The summed E-state index contributed by atoms with van der Waals surface area (Å²) in [6.45, 7) is 4.79. The average Bonchev–Trinajstić information content (AvgIpc) is 2.93. The number of aliphatic hydroxyl groups is 1. The van der Waals surface area contributed by atoms with E-state index in [2.05, 4.69) is 17.2 Å². The van der Waals surface area contributed by atoms with E-state index in [9.17, 15) is 5.11 Å². The fourth-order valence-corrected chi connectivity index (χ4v) is 2.50. The van der Waals surface area contributed by atoms with Gasteiger partial charge in [-0.1, -0.05) is 0 Å². The molecule has 1 aliphatic rings. The normalized spacial score (nSPS) is 18.1. The molecule has 3 nitrogen and oxygen atoms in total. The van der Waals surface area contributed by atoms with Gasteiger partial charge in [-0.05, 0) is 26.7 Å². The largest absolute Gasteiger partial charge is 0.391 e. The molecule has 1 heterocycles. The van der Waals surface area contributed by atoms with Gasteiger partial charge in [-0.25, -0.2) is 4.98 Å². The molecule has 1 aromatic heterocycles. The van der Waals surface area contributed by atoms with Gasteiger partial charge in [0.25, 0.3) is 0 Å². The Morgan fingerprint density at radius 3 is 2.80 bits per heavy atom. The number of rotatable bonds is 5. The summed E-state index contributed by atoms with van der Waals surface area (Å²) in [5, 5.41) is 14.2. The van der Waals surface area contributed by atoms with Crippen molar-refractivity contribution in [3.8, 4) is 0 Å². The number of hydrogen-bond acceptors (Lipinski definition) is 4. The monoisotopic (exact) mass is 226 g/mol. The maximum Gasteiger partial charge on any atom is 0.0957 e. The summed E-state index contributed by atoms with van der Waals surface area (Å²) in [5.41, 5.74) is 1.09. The lowest BCUT2D eigenvalue weighted by Gasteiger charge is -2.09. The van der Waals surface area contributed by atoms with Crippen LogP contribution in [-0.2, 0) is 6.42 Å². The van der Waals surface area contributed by atoms with Crippen LogP contribution in [0.3, 0.4) is 0 Å². The van der Waals surface area contributed by atoms with Crippen LogP contribution in [0.25, 0.3) is 0 Å². The summed E-state index contributed by atoms with van der Waals surface area (Å²) < 4.78 is 0. The number of aromatic nitrogens is 1. The SMILES string of the molecule is Cc1nc(CC(O)CNC2CC2)sc1C. The van der Waals surface area contributed by atoms with E-state index in [0.717, 1.165) is 10.7 Å². The average molecular weight is 226 g/mol. The van der Waals surface area contributed by atoms with Gasteiger partial charge in [-0.2, -0.15) is 0 Å². The molecule has 1 aliphatic carbocycles. The predicted molar refractivity (Wildman–Crippen MR) is 62.3 cm³/mol. The molecule has 1 fully saturated rings. The van der Waals surface area contributed by atoms with Gasteiger partial charge in [-0.15, -0.1) is 11.3 Å². The van der Waals surface area contributed by atoms with Gasteiger partial charge in [-0.3, -0.25) is 0 Å². The van der Waals surface area contributed by atoms with E-state index in [-0.39, 0.29) is 6.10 Å². The zero-order valence-electron chi connectivity index (χ0n) is 9.29. The number of hydrogen-bond donors (Lipinski definition) is 2. The van der Waals surface area contributed by atoms with Crippen LogP contribution in [0.4, 0.5) is 0 Å². The lowest BCUT2D eigenvalue weighted by atomic mass is 10.2. The van der Waals surface area contributed by atoms with Crippen LogP contribution in [0.1, 0.15) is 28.4 Å². The second-order valence-electron chi connectivity index (χ2n) is 4.29. The summed E-state index contributed by atoms with van der Waals surface area (Å²) in [4.78, 5) is 5.68. The maximum atomic E-state index is 9.78. The van der Waals surface area contributed by atoms with Crippen molar-refractivity contribution in [3.63, 3.8) is 0 Å². The van der Waals surface area contributed by atoms with E-state index in [1.807, 2.05) is 6.92 Å². The first-order valence-corrected chi connectivity index (χ1v) is 6.31. The molecule has 1 saturated carbocycles. The first-order chi connectivity index (χ1) is 7.15. The van der Waals surface area contributed by atoms with E-state index in [4.69, 9.17) is 0 Å². The minimum Gasteiger partial charge on any atom is -0.391 e. The Kier molecular flexibility index (Phi) is 3.38. The van der Waals surface area contributed by atoms with Gasteiger partial charge in [0.1, 0.15) is 0 Å². The van der Waals surface area contributed by atoms with Crippen LogP contribution >= 0.6 is 11.3 Å². The van der Waals surface area contributed by atoms with E-state index >= 15 is 0 Å². The third-order valence-electron chi connectivity index (χ3n) is 2.70. The smallest absolute Gasteiger partial charge is 0.0957 e. The number of thiazole rings is 1. The number of aliphatic hydroxyl groups excluding tert-OH is 1. The minimum absolute atomic E-state index is 0.296. The maximum absolute atomic E-state index is 9.78. The Balaban J connectivity index is 1.78. The quantitative estimate of drug-likeness (QED) is 0.798. The van der Waals surface area contributed by atoms with E-state index in [0.29, 0.717) is 19.0 Å². The third-order valence-corrected chi connectivity index (χ3v) is 3.80. The predicted octanol–water partition coefficient (Wildman–Crippen LogP) is 1.42. The van der Waals surface area contributed by atoms with Crippen LogP contribution in [0, 0.1) is 13.8 Å². The highest BCUT2D eigenvalue weighted by Crippen LogP contribution is 2.20. The number of aryl methyl sites for hydroxylation is 2. The fraction of sp³-hybridized carbons (Fsp3) is 0.727. The molecule has 15 heavy (non-hydrogen) atoms. The summed E-state index contributed by atoms with van der Waals surface area (Å²) in [6.07, 6.45) is 2.92. The molecule has 84 valence electrons. The molecule has 1 unspecified atom stereocenters. The molecule has 0 bridgehead atoms. The topological polar surface area (TPSA) is 45.2 Å². The molecule has 1 atom stereocenters. The second kappa shape index (κ2) is 4.60. The van der Waals surface area contributed by atoms with Gasteiger partial charge in [0, 0.05) is 23.9 Å². The molecule has 0 aliphatic heterocycles. The van der Waals surface area contributed by atoms with Crippen molar-refractivity contribution in [1.82, 2.24) is 10.3 Å². The second-order valence-corrected chi connectivity index (χ2v) is 5.58. The summed E-state index contributed by atoms with van der Waals surface area (Å²) in [7, 11) is 0. The van der Waals surface area contributed by atoms with Gasteiger partial charge in [0.15, 0.2) is 0 Å². The molecule has 0 amide bonds. The van der Waals surface area contributed by atoms with Crippen LogP contribution in [0.2, 0.25) is 0 Å². The molecular formula is C11H18N2OS. The Hall–Kier alpha value is -0.450. The van der Waals surface area contributed by atoms with Crippen LogP contribution in [0.5, 0.6) is 0 Å². The number of nitrogens with zero attached hydrogens (tertiary/aromatic N) is 1. The lowest BCUT2D eigenvalue weighted by molar-refractivity contribution is 0.171. The summed E-state index contributed by atoms with van der Waals surface area (Å²) in [5.74, 6) is 0. The van der Waals surface area contributed by atoms with Crippen molar-refractivity contribution in [3.05, 3.63) is 15.6 Å². The highest BCUT2D eigenvalue weighted by atomic mass is 32.1. The molecule has 1 aromatic rings. The van der Waals surface area contributed by atoms with Crippen LogP contribution < -0.4 is 5.32 Å². The molecule has 0 saturated heterocycles. The third kappa shape index (κ3) is 3.26. The van der Waals surface area contributed by atoms with Crippen molar-refractivity contribution in [1.29, 1.82) is 0 Å². The Morgan fingerprint density at radius 1 is 1.53 bits per heavy atom. The fourth-order valence-electron chi connectivity index (χ4n) is 1.49. The minimum atomic E-state index is -0.296. The van der Waals surface area contributed by atoms with Crippen molar-refractivity contribution in [2.24, 2.45) is 0 Å². The van der Waals surface area contributed by atoms with E-state index in [1.54, 1.807) is 11.3 Å². The van der Waals surface area contributed by atoms with E-state index in [1.165, 1.54) is 17.7 Å². The Bertz CT molecular complexity index is 314. The van der Waals surface area contributed by atoms with Crippen LogP contribution in [-0.4, -0.2) is 28.8 Å². The zero-order valence-corrected chi connectivity index (χ0v) is 10.1. The van der Waals surface area contributed by atoms with Gasteiger partial charge in [0.2, 0.25) is 0 Å². The molecule has 0 spiro atoms. The van der Waals surface area contributed by atoms with Gasteiger partial charge < -0.3 is 10.4 Å². The molecule has 2 N–H and O–H groups in total. The summed E-state index contributed by atoms with van der Waals surface area (Å²) in [6, 6.07) is 0.666. The zero-order chi connectivity index (χ0) is 10.8. The van der Waals surface area contributed by atoms with Crippen molar-refractivity contribution in [2.75, 3.05) is 6.54 Å². The lowest BCUT2D eigenvalue weighted by Crippen LogP contribution is -2.29. The van der Waals surface area contributed by atoms with E-state index < -0.39 is 0 Å². The van der Waals surface area contributed by atoms with Crippen molar-refractivity contribution >= 4 is 11.3 Å². The number of nitrogens with one attached hydrogen (secondary N) is 1. The van der Waals surface area contributed by atoms with Gasteiger partial charge in [0.05, 0.1) is 16.8 Å². The molecule has 0 radical (unpaired) electrons. The highest BCUT2D eigenvalue weighted by molar-refractivity contribution is 7.11.